The van der Waals surface area contributed by atoms with E-state index in [1.165, 1.54) is 5.56 Å². The molecule has 0 radical (unpaired) electrons. The molecule has 1 aromatic carbocycles. The summed E-state index contributed by atoms with van der Waals surface area (Å²) >= 11 is 0. The van der Waals surface area contributed by atoms with Gasteiger partial charge in [-0.2, -0.15) is 0 Å². The maximum Gasteiger partial charge on any atom is 0.143 e. The van der Waals surface area contributed by atoms with Crippen molar-refractivity contribution in [2.75, 3.05) is 0 Å². The molecule has 0 amide bonds. The third-order valence-corrected chi connectivity index (χ3v) is 3.58. The number of nitrogens with zero attached hydrogens (tertiary/aromatic N) is 4. The summed E-state index contributed by atoms with van der Waals surface area (Å²) in [5.74, 6) is 0. The van der Waals surface area contributed by atoms with Crippen molar-refractivity contribution in [3.05, 3.63) is 36.2 Å². The largest absolute Gasteiger partial charge is 0.393 e. The van der Waals surface area contributed by atoms with Gasteiger partial charge in [-0.25, -0.2) is 4.68 Å². The fourth-order valence-electron chi connectivity index (χ4n) is 2.39. The molecule has 19 heavy (non-hydrogen) atoms. The van der Waals surface area contributed by atoms with Crippen molar-refractivity contribution in [2.24, 2.45) is 0 Å². The van der Waals surface area contributed by atoms with E-state index in [2.05, 4.69) is 39.9 Å². The maximum atomic E-state index is 9.31. The molecule has 1 heterocycles. The zero-order valence-electron chi connectivity index (χ0n) is 10.8. The minimum Gasteiger partial charge on any atom is -0.393 e. The van der Waals surface area contributed by atoms with Crippen LogP contribution in [0, 0.1) is 0 Å². The minimum absolute atomic E-state index is 0.128. The van der Waals surface area contributed by atoms with Gasteiger partial charge in [0.15, 0.2) is 0 Å². The van der Waals surface area contributed by atoms with Gasteiger partial charge in [-0.3, -0.25) is 0 Å². The zero-order valence-corrected chi connectivity index (χ0v) is 10.8. The fourth-order valence-corrected chi connectivity index (χ4v) is 2.39. The van der Waals surface area contributed by atoms with Crippen LogP contribution in [0.3, 0.4) is 0 Å². The van der Waals surface area contributed by atoms with Gasteiger partial charge < -0.3 is 10.4 Å². The number of benzene rings is 1. The second kappa shape index (κ2) is 5.07. The maximum absolute atomic E-state index is 9.31. The highest BCUT2D eigenvalue weighted by molar-refractivity contribution is 5.35. The highest BCUT2D eigenvalue weighted by Crippen LogP contribution is 2.24. The molecule has 0 spiro atoms. The summed E-state index contributed by atoms with van der Waals surface area (Å²) in [5.41, 5.74) is 2.14. The standard InChI is InChI=1S/C13H17N5O/c1-9(15-11-6-13(19)7-11)10-3-2-4-12(5-10)18-8-14-16-17-18/h2-5,8-9,11,13,15,19H,6-7H2,1H3. The van der Waals surface area contributed by atoms with Gasteiger partial charge in [0, 0.05) is 12.1 Å². The molecular weight excluding hydrogens is 242 g/mol. The van der Waals surface area contributed by atoms with Crippen molar-refractivity contribution in [1.82, 2.24) is 25.5 Å². The summed E-state index contributed by atoms with van der Waals surface area (Å²) in [6.07, 6.45) is 3.14. The van der Waals surface area contributed by atoms with Crippen LogP contribution in [0.4, 0.5) is 0 Å². The Bertz CT molecular complexity index is 536. The first-order valence-electron chi connectivity index (χ1n) is 6.50. The van der Waals surface area contributed by atoms with Gasteiger partial charge >= 0.3 is 0 Å². The highest BCUT2D eigenvalue weighted by Gasteiger charge is 2.28. The fraction of sp³-hybridized carbons (Fsp3) is 0.462. The van der Waals surface area contributed by atoms with Crippen LogP contribution in [0.5, 0.6) is 0 Å². The number of hydrogen-bond donors (Lipinski definition) is 2. The van der Waals surface area contributed by atoms with Crippen LogP contribution in [-0.2, 0) is 0 Å². The van der Waals surface area contributed by atoms with E-state index in [-0.39, 0.29) is 12.1 Å². The SMILES string of the molecule is CC(NC1CC(O)C1)c1cccc(-n2cnnn2)c1. The molecule has 1 saturated carbocycles. The number of hydrogen-bond acceptors (Lipinski definition) is 5. The Morgan fingerprint density at radius 2 is 2.26 bits per heavy atom. The number of rotatable bonds is 4. The molecule has 2 aromatic rings. The van der Waals surface area contributed by atoms with Crippen molar-refractivity contribution in [1.29, 1.82) is 0 Å². The van der Waals surface area contributed by atoms with E-state index >= 15 is 0 Å². The first-order valence-corrected chi connectivity index (χ1v) is 6.50. The summed E-state index contributed by atoms with van der Waals surface area (Å²) in [5, 5.41) is 24.0. The van der Waals surface area contributed by atoms with Crippen molar-refractivity contribution < 1.29 is 5.11 Å². The van der Waals surface area contributed by atoms with Gasteiger partial charge in [-0.15, -0.1) is 5.10 Å². The van der Waals surface area contributed by atoms with Crippen LogP contribution in [0.25, 0.3) is 5.69 Å². The number of aliphatic hydroxyl groups excluding tert-OH is 1. The summed E-state index contributed by atoms with van der Waals surface area (Å²) in [4.78, 5) is 0. The Morgan fingerprint density at radius 3 is 2.95 bits per heavy atom. The molecule has 1 aromatic heterocycles. The van der Waals surface area contributed by atoms with Crippen LogP contribution in [0.15, 0.2) is 30.6 Å². The molecule has 1 unspecified atom stereocenters. The smallest absolute Gasteiger partial charge is 0.143 e. The zero-order chi connectivity index (χ0) is 13.2. The number of tetrazole rings is 1. The number of nitrogens with one attached hydrogen (secondary N) is 1. The van der Waals surface area contributed by atoms with Crippen molar-refractivity contribution in [3.63, 3.8) is 0 Å². The van der Waals surface area contributed by atoms with Gasteiger partial charge in [0.05, 0.1) is 11.8 Å². The lowest BCUT2D eigenvalue weighted by Crippen LogP contribution is -2.45. The van der Waals surface area contributed by atoms with Crippen molar-refractivity contribution in [2.45, 2.75) is 38.0 Å². The van der Waals surface area contributed by atoms with Crippen LogP contribution in [-0.4, -0.2) is 37.5 Å². The topological polar surface area (TPSA) is 75.9 Å². The molecule has 100 valence electrons. The molecule has 0 aliphatic heterocycles. The van der Waals surface area contributed by atoms with Crippen LogP contribution < -0.4 is 5.32 Å². The highest BCUT2D eigenvalue weighted by atomic mass is 16.3. The Labute approximate surface area is 111 Å². The molecule has 3 rings (SSSR count). The van der Waals surface area contributed by atoms with Crippen LogP contribution in [0.1, 0.15) is 31.4 Å². The lowest BCUT2D eigenvalue weighted by atomic mass is 9.88. The molecule has 1 aliphatic carbocycles. The second-order valence-corrected chi connectivity index (χ2v) is 5.06. The van der Waals surface area contributed by atoms with Gasteiger partial charge in [-0.1, -0.05) is 12.1 Å². The number of aliphatic hydroxyl groups is 1. The van der Waals surface area contributed by atoms with Gasteiger partial charge in [-0.05, 0) is 47.9 Å². The molecule has 1 aliphatic rings. The van der Waals surface area contributed by atoms with Crippen LogP contribution in [0.2, 0.25) is 0 Å². The molecule has 6 nitrogen and oxygen atoms in total. The first-order chi connectivity index (χ1) is 9.22. The molecule has 6 heteroatoms. The summed E-state index contributed by atoms with van der Waals surface area (Å²) < 4.78 is 1.64. The summed E-state index contributed by atoms with van der Waals surface area (Å²) in [7, 11) is 0. The third kappa shape index (κ3) is 2.64. The van der Waals surface area contributed by atoms with Crippen molar-refractivity contribution in [3.8, 4) is 5.69 Å². The average Bonchev–Trinajstić information content (AvgIpc) is 2.91. The molecule has 1 atom stereocenters. The second-order valence-electron chi connectivity index (χ2n) is 5.06. The predicted molar refractivity (Wildman–Crippen MR) is 69.7 cm³/mol. The monoisotopic (exact) mass is 259 g/mol. The Kier molecular flexibility index (Phi) is 3.27. The number of aromatic nitrogens is 4. The van der Waals surface area contributed by atoms with E-state index in [1.807, 2.05) is 12.1 Å². The van der Waals surface area contributed by atoms with E-state index < -0.39 is 0 Å². The quantitative estimate of drug-likeness (QED) is 0.850. The van der Waals surface area contributed by atoms with E-state index in [1.54, 1.807) is 11.0 Å². The average molecular weight is 259 g/mol. The Balaban J connectivity index is 1.72. The van der Waals surface area contributed by atoms with E-state index in [4.69, 9.17) is 0 Å². The lowest BCUT2D eigenvalue weighted by Gasteiger charge is -2.34. The van der Waals surface area contributed by atoms with Crippen LogP contribution >= 0.6 is 0 Å². The van der Waals surface area contributed by atoms with E-state index in [0.717, 1.165) is 18.5 Å². The third-order valence-electron chi connectivity index (χ3n) is 3.58. The van der Waals surface area contributed by atoms with Gasteiger partial charge in [0.1, 0.15) is 6.33 Å². The normalized spacial score (nSPS) is 23.9. The van der Waals surface area contributed by atoms with Gasteiger partial charge in [0.2, 0.25) is 0 Å². The molecule has 0 bridgehead atoms. The van der Waals surface area contributed by atoms with E-state index in [9.17, 15) is 5.11 Å². The molecular formula is C13H17N5O. The molecule has 2 N–H and O–H groups in total. The van der Waals surface area contributed by atoms with Gasteiger partial charge in [0.25, 0.3) is 0 Å². The Morgan fingerprint density at radius 1 is 1.42 bits per heavy atom. The summed E-state index contributed by atoms with van der Waals surface area (Å²) in [6.45, 7) is 2.13. The minimum atomic E-state index is -0.128. The lowest BCUT2D eigenvalue weighted by molar-refractivity contribution is 0.0586. The van der Waals surface area contributed by atoms with E-state index in [0.29, 0.717) is 6.04 Å². The van der Waals surface area contributed by atoms with Crippen molar-refractivity contribution >= 4 is 0 Å². The first kappa shape index (κ1) is 12.3. The molecule has 0 saturated heterocycles. The summed E-state index contributed by atoms with van der Waals surface area (Å²) in [6, 6.07) is 8.79. The molecule has 1 fully saturated rings. The predicted octanol–water partition coefficient (Wildman–Crippen LogP) is 0.836. The Hall–Kier alpha value is -1.79.